The van der Waals surface area contributed by atoms with Crippen molar-refractivity contribution in [2.24, 2.45) is 0 Å². The molecule has 1 saturated carbocycles. The van der Waals surface area contributed by atoms with Gasteiger partial charge >= 0.3 is 0 Å². The molecule has 1 aliphatic heterocycles. The zero-order chi connectivity index (χ0) is 19.8. The number of anilines is 2. The van der Waals surface area contributed by atoms with Gasteiger partial charge in [-0.2, -0.15) is 0 Å². The van der Waals surface area contributed by atoms with Gasteiger partial charge in [0.1, 0.15) is 11.3 Å². The van der Waals surface area contributed by atoms with Gasteiger partial charge in [0, 0.05) is 50.0 Å². The summed E-state index contributed by atoms with van der Waals surface area (Å²) in [5, 5.41) is 4.14. The summed E-state index contributed by atoms with van der Waals surface area (Å²) in [5.41, 5.74) is 2.48. The average Bonchev–Trinajstić information content (AvgIpc) is 3.55. The molecule has 0 amide bonds. The van der Waals surface area contributed by atoms with Gasteiger partial charge in [-0.15, -0.1) is 0 Å². The van der Waals surface area contributed by atoms with Crippen molar-refractivity contribution in [3.8, 4) is 0 Å². The minimum atomic E-state index is -0.251. The fraction of sp³-hybridized carbons (Fsp3) is 0.381. The number of piperazine rings is 1. The molecule has 6 nitrogen and oxygen atoms in total. The first kappa shape index (κ1) is 18.5. The zero-order valence-corrected chi connectivity index (χ0v) is 16.7. The first-order valence-electron chi connectivity index (χ1n) is 9.95. The molecule has 1 aliphatic carbocycles. The molecule has 1 saturated heterocycles. The summed E-state index contributed by atoms with van der Waals surface area (Å²) in [6.45, 7) is 4.00. The monoisotopic (exact) mass is 412 g/mol. The van der Waals surface area contributed by atoms with E-state index in [0.717, 1.165) is 54.4 Å². The van der Waals surface area contributed by atoms with Crippen LogP contribution in [0.2, 0.25) is 5.02 Å². The number of hydrogen-bond donors (Lipinski definition) is 1. The Labute approximate surface area is 173 Å². The van der Waals surface area contributed by atoms with Crippen LogP contribution in [-0.2, 0) is 6.54 Å². The lowest BCUT2D eigenvalue weighted by Crippen LogP contribution is -2.46. The van der Waals surface area contributed by atoms with Crippen molar-refractivity contribution >= 4 is 34.3 Å². The maximum atomic E-state index is 13.6. The number of pyridine rings is 1. The van der Waals surface area contributed by atoms with Crippen molar-refractivity contribution in [3.63, 3.8) is 0 Å². The Kier molecular flexibility index (Phi) is 4.93. The van der Waals surface area contributed by atoms with Gasteiger partial charge in [0.25, 0.3) is 0 Å². The van der Waals surface area contributed by atoms with Gasteiger partial charge < -0.3 is 10.2 Å². The van der Waals surface area contributed by atoms with Crippen LogP contribution in [0.25, 0.3) is 11.0 Å². The molecule has 150 valence electrons. The van der Waals surface area contributed by atoms with Crippen molar-refractivity contribution in [2.75, 3.05) is 36.4 Å². The van der Waals surface area contributed by atoms with Crippen LogP contribution in [0, 0.1) is 5.82 Å². The summed E-state index contributed by atoms with van der Waals surface area (Å²) in [6.07, 6.45) is 5.86. The van der Waals surface area contributed by atoms with Gasteiger partial charge in [-0.1, -0.05) is 11.6 Å². The van der Waals surface area contributed by atoms with Gasteiger partial charge in [-0.05, 0) is 42.7 Å². The molecule has 0 bridgehead atoms. The number of nitrogens with one attached hydrogen (secondary N) is 1. The second-order valence-corrected chi connectivity index (χ2v) is 8.08. The van der Waals surface area contributed by atoms with Crippen molar-refractivity contribution in [1.29, 1.82) is 0 Å². The molecular formula is C21H22ClFN6. The fourth-order valence-corrected chi connectivity index (χ4v) is 3.84. The van der Waals surface area contributed by atoms with E-state index in [1.165, 1.54) is 25.0 Å². The summed E-state index contributed by atoms with van der Waals surface area (Å²) in [4.78, 5) is 18.4. The second kappa shape index (κ2) is 7.72. The molecule has 1 aromatic carbocycles. The van der Waals surface area contributed by atoms with E-state index in [9.17, 15) is 4.39 Å². The Bertz CT molecular complexity index is 1030. The lowest BCUT2D eigenvalue weighted by Gasteiger charge is -2.36. The van der Waals surface area contributed by atoms with E-state index in [4.69, 9.17) is 21.6 Å². The summed E-state index contributed by atoms with van der Waals surface area (Å²) >= 11 is 6.23. The van der Waals surface area contributed by atoms with Gasteiger partial charge in [0.15, 0.2) is 11.6 Å². The smallest absolute Gasteiger partial charge is 0.172 e. The molecular weight excluding hydrogens is 391 g/mol. The molecule has 2 aromatic heterocycles. The van der Waals surface area contributed by atoms with Gasteiger partial charge in [0.05, 0.1) is 11.7 Å². The van der Waals surface area contributed by atoms with Crippen LogP contribution in [0.15, 0.2) is 36.7 Å². The van der Waals surface area contributed by atoms with Crippen LogP contribution in [-0.4, -0.2) is 52.1 Å². The maximum absolute atomic E-state index is 13.6. The van der Waals surface area contributed by atoms with Crippen molar-refractivity contribution < 1.29 is 4.39 Å². The van der Waals surface area contributed by atoms with E-state index in [1.807, 2.05) is 6.07 Å². The predicted molar refractivity (Wildman–Crippen MR) is 113 cm³/mol. The third-order valence-electron chi connectivity index (χ3n) is 5.44. The van der Waals surface area contributed by atoms with E-state index in [1.54, 1.807) is 18.5 Å². The number of halogens is 2. The predicted octanol–water partition coefficient (Wildman–Crippen LogP) is 3.71. The Hall–Kier alpha value is -2.51. The number of benzene rings is 1. The molecule has 3 aromatic rings. The molecule has 8 heteroatoms. The SMILES string of the molecule is Fc1ccc(Cl)c(CN2CCN(c3nc4cnccc4nc3NC3CC3)CC2)c1. The fourth-order valence-electron chi connectivity index (χ4n) is 3.66. The van der Waals surface area contributed by atoms with Crippen molar-refractivity contribution in [1.82, 2.24) is 19.9 Å². The molecule has 0 spiro atoms. The van der Waals surface area contributed by atoms with Crippen molar-refractivity contribution in [3.05, 3.63) is 53.1 Å². The van der Waals surface area contributed by atoms with E-state index in [2.05, 4.69) is 20.1 Å². The van der Waals surface area contributed by atoms with E-state index >= 15 is 0 Å². The lowest BCUT2D eigenvalue weighted by atomic mass is 10.2. The quantitative estimate of drug-likeness (QED) is 0.689. The minimum absolute atomic E-state index is 0.251. The first-order chi connectivity index (χ1) is 14.2. The van der Waals surface area contributed by atoms with E-state index in [0.29, 0.717) is 17.6 Å². The molecule has 1 N–H and O–H groups in total. The number of hydrogen-bond acceptors (Lipinski definition) is 6. The Morgan fingerprint density at radius 3 is 2.69 bits per heavy atom. The highest BCUT2D eigenvalue weighted by Crippen LogP contribution is 2.31. The third kappa shape index (κ3) is 4.11. The van der Waals surface area contributed by atoms with E-state index < -0.39 is 0 Å². The van der Waals surface area contributed by atoms with Crippen LogP contribution in [0.5, 0.6) is 0 Å². The summed E-state index contributed by atoms with van der Waals surface area (Å²) < 4.78 is 13.6. The van der Waals surface area contributed by atoms with Gasteiger partial charge in [0.2, 0.25) is 0 Å². The average molecular weight is 413 g/mol. The summed E-state index contributed by atoms with van der Waals surface area (Å²) in [6, 6.07) is 6.93. The van der Waals surface area contributed by atoms with Crippen LogP contribution in [0.4, 0.5) is 16.0 Å². The van der Waals surface area contributed by atoms with Crippen LogP contribution >= 0.6 is 11.6 Å². The topological polar surface area (TPSA) is 57.2 Å². The van der Waals surface area contributed by atoms with Gasteiger partial charge in [-0.25, -0.2) is 14.4 Å². The molecule has 5 rings (SSSR count). The Balaban J connectivity index is 1.33. The van der Waals surface area contributed by atoms with Crippen LogP contribution < -0.4 is 10.2 Å². The molecule has 0 atom stereocenters. The van der Waals surface area contributed by atoms with Crippen LogP contribution in [0.3, 0.4) is 0 Å². The highest BCUT2D eigenvalue weighted by molar-refractivity contribution is 6.31. The number of nitrogens with zero attached hydrogens (tertiary/aromatic N) is 5. The first-order valence-corrected chi connectivity index (χ1v) is 10.3. The number of aromatic nitrogens is 3. The second-order valence-electron chi connectivity index (χ2n) is 7.68. The van der Waals surface area contributed by atoms with E-state index in [-0.39, 0.29) is 5.82 Å². The molecule has 2 aliphatic rings. The van der Waals surface area contributed by atoms with Gasteiger partial charge in [-0.3, -0.25) is 9.88 Å². The molecule has 0 unspecified atom stereocenters. The maximum Gasteiger partial charge on any atom is 0.172 e. The highest BCUT2D eigenvalue weighted by Gasteiger charge is 2.27. The number of fused-ring (bicyclic) bond motifs is 1. The minimum Gasteiger partial charge on any atom is -0.364 e. The van der Waals surface area contributed by atoms with Crippen molar-refractivity contribution in [2.45, 2.75) is 25.4 Å². The molecule has 3 heterocycles. The summed E-state index contributed by atoms with van der Waals surface area (Å²) in [5.74, 6) is 1.49. The standard InChI is InChI=1S/C21H22ClFN6/c22-17-4-1-15(23)11-14(17)13-28-7-9-29(10-8-28)21-20(25-16-2-3-16)26-18-5-6-24-12-19(18)27-21/h1,4-6,11-12,16H,2-3,7-10,13H2,(H,25,26). The normalized spacial score (nSPS) is 17.7. The molecule has 0 radical (unpaired) electrons. The summed E-state index contributed by atoms with van der Waals surface area (Å²) in [7, 11) is 0. The Morgan fingerprint density at radius 2 is 1.90 bits per heavy atom. The highest BCUT2D eigenvalue weighted by atomic mass is 35.5. The molecule has 2 fully saturated rings. The zero-order valence-electron chi connectivity index (χ0n) is 16.0. The third-order valence-corrected chi connectivity index (χ3v) is 5.81. The lowest BCUT2D eigenvalue weighted by molar-refractivity contribution is 0.249. The molecule has 29 heavy (non-hydrogen) atoms. The largest absolute Gasteiger partial charge is 0.364 e. The van der Waals surface area contributed by atoms with Crippen LogP contribution in [0.1, 0.15) is 18.4 Å². The number of rotatable bonds is 5. The Morgan fingerprint density at radius 1 is 1.07 bits per heavy atom.